The number of allylic oxidation sites excluding steroid dienone is 6. The van der Waals surface area contributed by atoms with Gasteiger partial charge >= 0.3 is 16.4 Å². The summed E-state index contributed by atoms with van der Waals surface area (Å²) in [5, 5.41) is 30.7. The molecular weight excluding hydrogens is 801 g/mol. The summed E-state index contributed by atoms with van der Waals surface area (Å²) >= 11 is 0. The van der Waals surface area contributed by atoms with Gasteiger partial charge in [-0.05, 0) is 70.6 Å². The van der Waals surface area contributed by atoms with Crippen molar-refractivity contribution in [2.45, 2.75) is 237 Å². The summed E-state index contributed by atoms with van der Waals surface area (Å²) in [5.74, 6) is -0.405. The normalized spacial score (nSPS) is 20.4. The van der Waals surface area contributed by atoms with Gasteiger partial charge in [-0.15, -0.1) is 0 Å². The second-order valence-corrected chi connectivity index (χ2v) is 17.7. The largest absolute Gasteiger partial charge is 0.457 e. The van der Waals surface area contributed by atoms with E-state index in [2.05, 4.69) is 54.5 Å². The van der Waals surface area contributed by atoms with Crippen LogP contribution in [0.15, 0.2) is 36.5 Å². The highest BCUT2D eigenvalue weighted by Gasteiger charge is 2.48. The van der Waals surface area contributed by atoms with E-state index in [1.54, 1.807) is 0 Å². The molecule has 1 heterocycles. The zero-order valence-electron chi connectivity index (χ0n) is 38.2. The number of unbranched alkanes of at least 4 members (excludes halogenated alkanes) is 23. The van der Waals surface area contributed by atoms with Crippen LogP contribution in [0.5, 0.6) is 0 Å². The number of hydrogen-bond acceptors (Lipinski definition) is 11. The molecule has 0 aromatic carbocycles. The van der Waals surface area contributed by atoms with Crippen molar-refractivity contribution in [2.24, 2.45) is 0 Å². The highest BCUT2D eigenvalue weighted by molar-refractivity contribution is 7.80. The number of hydrogen-bond donors (Lipinski definition) is 4. The first kappa shape index (κ1) is 57.3. The Morgan fingerprint density at radius 3 is 1.61 bits per heavy atom. The Morgan fingerprint density at radius 2 is 1.08 bits per heavy atom. The Hall–Kier alpha value is -1.68. The second kappa shape index (κ2) is 39.9. The van der Waals surface area contributed by atoms with Crippen molar-refractivity contribution in [3.63, 3.8) is 0 Å². The summed E-state index contributed by atoms with van der Waals surface area (Å²) in [6, 6.07) is 0. The molecule has 4 N–H and O–H groups in total. The Bertz CT molecular complexity index is 1210. The monoisotopic (exact) mass is 889 g/mol. The molecule has 0 saturated carbocycles. The van der Waals surface area contributed by atoms with E-state index in [1.165, 1.54) is 116 Å². The summed E-state index contributed by atoms with van der Waals surface area (Å²) in [4.78, 5) is 12.9. The van der Waals surface area contributed by atoms with Crippen LogP contribution in [0.25, 0.3) is 0 Å². The first-order chi connectivity index (χ1) is 29.6. The molecule has 1 rings (SSSR count). The van der Waals surface area contributed by atoms with Gasteiger partial charge in [0.05, 0.1) is 19.8 Å². The van der Waals surface area contributed by atoms with Gasteiger partial charge in [-0.2, -0.15) is 8.42 Å². The van der Waals surface area contributed by atoms with E-state index in [9.17, 15) is 33.1 Å². The topological polar surface area (TPSA) is 178 Å². The zero-order valence-corrected chi connectivity index (χ0v) is 39.0. The van der Waals surface area contributed by atoms with Crippen molar-refractivity contribution in [1.82, 2.24) is 0 Å². The van der Waals surface area contributed by atoms with Gasteiger partial charge < -0.3 is 34.3 Å². The molecule has 1 saturated heterocycles. The van der Waals surface area contributed by atoms with Gasteiger partial charge in [0, 0.05) is 13.0 Å². The van der Waals surface area contributed by atoms with Crippen LogP contribution in [0.2, 0.25) is 0 Å². The summed E-state index contributed by atoms with van der Waals surface area (Å²) in [6.45, 7) is 3.95. The summed E-state index contributed by atoms with van der Waals surface area (Å²) in [6.07, 6.45) is 37.4. The zero-order chi connectivity index (χ0) is 44.7. The van der Waals surface area contributed by atoms with Crippen molar-refractivity contribution in [3.8, 4) is 0 Å². The predicted molar refractivity (Wildman–Crippen MR) is 243 cm³/mol. The van der Waals surface area contributed by atoms with Crippen molar-refractivity contribution in [2.75, 3.05) is 26.4 Å². The van der Waals surface area contributed by atoms with Gasteiger partial charge in [0.15, 0.2) is 6.29 Å². The van der Waals surface area contributed by atoms with Crippen LogP contribution in [0.1, 0.15) is 200 Å². The van der Waals surface area contributed by atoms with Crippen LogP contribution in [-0.2, 0) is 38.3 Å². The minimum absolute atomic E-state index is 0.0311. The Balaban J connectivity index is 2.40. The number of aliphatic hydroxyl groups is 3. The first-order valence-corrected chi connectivity index (χ1v) is 25.6. The van der Waals surface area contributed by atoms with Gasteiger partial charge in [-0.25, -0.2) is 4.18 Å². The van der Waals surface area contributed by atoms with E-state index in [1.807, 2.05) is 0 Å². The van der Waals surface area contributed by atoms with Crippen LogP contribution in [0.3, 0.4) is 0 Å². The van der Waals surface area contributed by atoms with Crippen LogP contribution >= 0.6 is 0 Å². The average molecular weight is 889 g/mol. The quantitative estimate of drug-likeness (QED) is 0.0198. The van der Waals surface area contributed by atoms with Crippen molar-refractivity contribution >= 4 is 16.4 Å². The third kappa shape index (κ3) is 33.5. The molecule has 0 radical (unpaired) electrons. The number of rotatable bonds is 42. The van der Waals surface area contributed by atoms with Gasteiger partial charge in [-0.1, -0.05) is 159 Å². The van der Waals surface area contributed by atoms with E-state index >= 15 is 0 Å². The molecule has 12 nitrogen and oxygen atoms in total. The number of esters is 1. The molecule has 0 amide bonds. The summed E-state index contributed by atoms with van der Waals surface area (Å²) < 4.78 is 59.1. The highest BCUT2D eigenvalue weighted by atomic mass is 32.3. The molecule has 13 heteroatoms. The van der Waals surface area contributed by atoms with E-state index in [0.717, 1.165) is 57.8 Å². The van der Waals surface area contributed by atoms with Crippen molar-refractivity contribution in [3.05, 3.63) is 36.5 Å². The molecule has 1 fully saturated rings. The average Bonchev–Trinajstić information content (AvgIpc) is 3.23. The molecular formula is C48H88O12S. The predicted octanol–water partition coefficient (Wildman–Crippen LogP) is 10.6. The number of ether oxygens (including phenoxy) is 4. The van der Waals surface area contributed by atoms with Gasteiger partial charge in [0.2, 0.25) is 0 Å². The lowest BCUT2D eigenvalue weighted by Gasteiger charge is -2.41. The molecule has 0 aliphatic carbocycles. The van der Waals surface area contributed by atoms with E-state index < -0.39 is 59.8 Å². The number of aliphatic hydroxyl groups excluding tert-OH is 3. The Kier molecular flexibility index (Phi) is 37.5. The lowest BCUT2D eigenvalue weighted by atomic mass is 9.99. The molecule has 6 unspecified atom stereocenters. The second-order valence-electron chi connectivity index (χ2n) is 16.7. The lowest BCUT2D eigenvalue weighted by Crippen LogP contribution is -2.60. The minimum Gasteiger partial charge on any atom is -0.457 e. The standard InChI is InChI=1S/C48H88O12S/c1-3-5-7-9-11-13-15-17-19-20-21-22-23-25-27-29-31-33-35-37-44(50)58-42(41-57-48-46(52)47(60-61(53,54)55)45(51)43(39-49)59-48)40-56-38-36-34-32-30-28-26-24-18-16-14-12-10-8-6-4-2/h11,13,16-19,42-43,45-49,51-52H,3-10,12,14-15,20-41H2,1-2H3,(H,53,54,55)/b13-11-,18-16-,19-17-. The van der Waals surface area contributed by atoms with E-state index in [-0.39, 0.29) is 19.6 Å². The molecule has 6 atom stereocenters. The Morgan fingerprint density at radius 1 is 0.623 bits per heavy atom. The fourth-order valence-corrected chi connectivity index (χ4v) is 7.79. The van der Waals surface area contributed by atoms with Crippen molar-refractivity contribution < 1.29 is 56.2 Å². The lowest BCUT2D eigenvalue weighted by molar-refractivity contribution is -0.301. The molecule has 0 aromatic rings. The van der Waals surface area contributed by atoms with Gasteiger partial charge in [0.1, 0.15) is 30.5 Å². The fourth-order valence-electron chi connectivity index (χ4n) is 7.29. The molecule has 358 valence electrons. The molecule has 1 aliphatic heterocycles. The van der Waals surface area contributed by atoms with E-state index in [0.29, 0.717) is 13.0 Å². The molecule has 61 heavy (non-hydrogen) atoms. The third-order valence-corrected chi connectivity index (χ3v) is 11.5. The minimum atomic E-state index is -5.06. The van der Waals surface area contributed by atoms with Gasteiger partial charge in [0.25, 0.3) is 0 Å². The molecule has 0 bridgehead atoms. The maximum Gasteiger partial charge on any atom is 0.397 e. The molecule has 0 aromatic heterocycles. The van der Waals surface area contributed by atoms with Crippen molar-refractivity contribution in [1.29, 1.82) is 0 Å². The van der Waals surface area contributed by atoms with E-state index in [4.69, 9.17) is 18.9 Å². The van der Waals surface area contributed by atoms with Crippen LogP contribution in [-0.4, -0.2) is 97.5 Å². The third-order valence-electron chi connectivity index (χ3n) is 11.0. The maximum atomic E-state index is 12.9. The Labute approximate surface area is 371 Å². The SMILES string of the molecule is CCCCC/C=C\C/C=C\CCCCCCCCCCCC(=O)OC(COCCCCCCCC/C=C\CCCCCCC)COC1OC(CO)C(O)C(OS(=O)(=O)O)C1O. The van der Waals surface area contributed by atoms with Crippen LogP contribution < -0.4 is 0 Å². The first-order valence-electron chi connectivity index (χ1n) is 24.2. The molecule has 0 spiro atoms. The summed E-state index contributed by atoms with van der Waals surface area (Å²) in [5.41, 5.74) is 0. The van der Waals surface area contributed by atoms with Gasteiger partial charge in [-0.3, -0.25) is 9.35 Å². The van der Waals surface area contributed by atoms with Crippen LogP contribution in [0, 0.1) is 0 Å². The summed E-state index contributed by atoms with van der Waals surface area (Å²) in [7, 11) is -5.06. The molecule has 1 aliphatic rings. The fraction of sp³-hybridized carbons (Fsp3) is 0.854. The number of carbonyl (C=O) groups is 1. The smallest absolute Gasteiger partial charge is 0.397 e. The van der Waals surface area contributed by atoms with Crippen LogP contribution in [0.4, 0.5) is 0 Å². The highest BCUT2D eigenvalue weighted by Crippen LogP contribution is 2.26. The number of carbonyl (C=O) groups excluding carboxylic acids is 1. The maximum absolute atomic E-state index is 12.9.